The normalized spacial score (nSPS) is 16.2. The van der Waals surface area contributed by atoms with Gasteiger partial charge < -0.3 is 11.1 Å². The van der Waals surface area contributed by atoms with Crippen LogP contribution in [-0.4, -0.2) is 10.9 Å². The third-order valence-corrected chi connectivity index (χ3v) is 5.63. The first kappa shape index (κ1) is 15.8. The lowest BCUT2D eigenvalue weighted by Gasteiger charge is -2.26. The summed E-state index contributed by atoms with van der Waals surface area (Å²) in [6.07, 6.45) is 3.18. The van der Waals surface area contributed by atoms with Crippen LogP contribution >= 0.6 is 11.3 Å². The van der Waals surface area contributed by atoms with E-state index in [1.54, 1.807) is 6.07 Å². The summed E-state index contributed by atoms with van der Waals surface area (Å²) in [4.78, 5) is 18.6. The van der Waals surface area contributed by atoms with E-state index in [2.05, 4.69) is 28.5 Å². The highest BCUT2D eigenvalue weighted by molar-refractivity contribution is 7.17. The molecular formula is C20H19N3OS. The molecule has 2 aromatic heterocycles. The molecule has 126 valence electrons. The molecule has 5 heteroatoms. The molecule has 1 amide bonds. The van der Waals surface area contributed by atoms with E-state index in [1.165, 1.54) is 22.5 Å². The van der Waals surface area contributed by atoms with Gasteiger partial charge in [-0.05, 0) is 54.7 Å². The van der Waals surface area contributed by atoms with Crippen molar-refractivity contribution in [1.29, 1.82) is 0 Å². The molecule has 3 N–H and O–H groups in total. The first-order chi connectivity index (χ1) is 12.2. The van der Waals surface area contributed by atoms with E-state index < -0.39 is 0 Å². The van der Waals surface area contributed by atoms with Crippen molar-refractivity contribution in [3.8, 4) is 10.6 Å². The number of fused-ring (bicyclic) bond motifs is 1. The molecule has 0 fully saturated rings. The topological polar surface area (TPSA) is 68.0 Å². The molecule has 0 saturated heterocycles. The van der Waals surface area contributed by atoms with Crippen molar-refractivity contribution < 1.29 is 4.79 Å². The maximum absolute atomic E-state index is 12.7. The maximum atomic E-state index is 12.7. The summed E-state index contributed by atoms with van der Waals surface area (Å²) >= 11 is 1.44. The van der Waals surface area contributed by atoms with Crippen molar-refractivity contribution >= 4 is 23.1 Å². The van der Waals surface area contributed by atoms with Crippen LogP contribution in [0.2, 0.25) is 0 Å². The van der Waals surface area contributed by atoms with Gasteiger partial charge in [-0.3, -0.25) is 4.79 Å². The van der Waals surface area contributed by atoms with E-state index >= 15 is 0 Å². The average Bonchev–Trinajstić information content (AvgIpc) is 3.12. The minimum atomic E-state index is -0.0261. The number of anilines is 1. The summed E-state index contributed by atoms with van der Waals surface area (Å²) in [5, 5.41) is 3.19. The number of nitrogens with zero attached hydrogens (tertiary/aromatic N) is 1. The molecule has 1 atom stereocenters. The lowest BCUT2D eigenvalue weighted by molar-refractivity contribution is 0.0937. The molecule has 1 aliphatic rings. The van der Waals surface area contributed by atoms with Gasteiger partial charge in [0.1, 0.15) is 5.82 Å². The fourth-order valence-corrected chi connectivity index (χ4v) is 4.20. The van der Waals surface area contributed by atoms with Gasteiger partial charge in [-0.15, -0.1) is 11.3 Å². The van der Waals surface area contributed by atoms with E-state index in [0.29, 0.717) is 10.7 Å². The zero-order chi connectivity index (χ0) is 17.2. The van der Waals surface area contributed by atoms with Gasteiger partial charge in [0.25, 0.3) is 5.91 Å². The monoisotopic (exact) mass is 349 g/mol. The van der Waals surface area contributed by atoms with Gasteiger partial charge in [-0.1, -0.05) is 30.3 Å². The highest BCUT2D eigenvalue weighted by atomic mass is 32.1. The van der Waals surface area contributed by atoms with Crippen LogP contribution in [-0.2, 0) is 6.42 Å². The standard InChI is InChI=1S/C20H19N3OS/c21-19-10-4-9-16(22-19)17-11-12-18(25-17)20(24)23-15-8-3-6-13-5-1-2-7-14(13)15/h1-2,4-5,7,9-12,15H,3,6,8H2,(H2,21,22)(H,23,24)/t15-/m0/s1. The number of aromatic nitrogens is 1. The highest BCUT2D eigenvalue weighted by Gasteiger charge is 2.22. The molecule has 4 rings (SSSR count). The molecule has 0 bridgehead atoms. The van der Waals surface area contributed by atoms with Crippen LogP contribution in [0.25, 0.3) is 10.6 Å². The van der Waals surface area contributed by atoms with E-state index in [-0.39, 0.29) is 11.9 Å². The molecule has 3 aromatic rings. The van der Waals surface area contributed by atoms with Gasteiger partial charge >= 0.3 is 0 Å². The lowest BCUT2D eigenvalue weighted by atomic mass is 9.88. The van der Waals surface area contributed by atoms with Gasteiger partial charge in [0.15, 0.2) is 0 Å². The van der Waals surface area contributed by atoms with Crippen LogP contribution < -0.4 is 11.1 Å². The fraction of sp³-hybridized carbons (Fsp3) is 0.200. The Bertz CT molecular complexity index is 919. The van der Waals surface area contributed by atoms with Crippen LogP contribution in [0.3, 0.4) is 0 Å². The van der Waals surface area contributed by atoms with Crippen LogP contribution in [0, 0.1) is 0 Å². The number of aryl methyl sites for hydroxylation is 1. The molecule has 0 aliphatic heterocycles. The molecule has 2 heterocycles. The van der Waals surface area contributed by atoms with Gasteiger partial charge in [0.2, 0.25) is 0 Å². The summed E-state index contributed by atoms with van der Waals surface area (Å²) in [5.74, 6) is 0.456. The van der Waals surface area contributed by atoms with Gasteiger partial charge in [0, 0.05) is 0 Å². The first-order valence-corrected chi connectivity index (χ1v) is 9.24. The molecule has 0 radical (unpaired) electrons. The highest BCUT2D eigenvalue weighted by Crippen LogP contribution is 2.31. The molecule has 0 spiro atoms. The minimum absolute atomic E-state index is 0.0261. The molecule has 0 unspecified atom stereocenters. The number of benzene rings is 1. The van der Waals surface area contributed by atoms with Crippen molar-refractivity contribution in [3.05, 3.63) is 70.6 Å². The predicted octanol–water partition coefficient (Wildman–Crippen LogP) is 4.20. The third-order valence-electron chi connectivity index (χ3n) is 4.53. The Kier molecular flexibility index (Phi) is 4.24. The molecule has 1 aromatic carbocycles. The Morgan fingerprint density at radius 3 is 2.88 bits per heavy atom. The number of nitrogens with one attached hydrogen (secondary N) is 1. The number of rotatable bonds is 3. The Morgan fingerprint density at radius 2 is 2.00 bits per heavy atom. The summed E-state index contributed by atoms with van der Waals surface area (Å²) in [6, 6.07) is 17.8. The van der Waals surface area contributed by atoms with Crippen molar-refractivity contribution in [3.63, 3.8) is 0 Å². The Morgan fingerprint density at radius 1 is 1.12 bits per heavy atom. The Balaban J connectivity index is 1.53. The number of nitrogen functional groups attached to an aromatic ring is 1. The smallest absolute Gasteiger partial charge is 0.261 e. The average molecular weight is 349 g/mol. The number of nitrogens with two attached hydrogens (primary N) is 1. The molecular weight excluding hydrogens is 330 g/mol. The zero-order valence-corrected chi connectivity index (χ0v) is 14.6. The second kappa shape index (κ2) is 6.69. The first-order valence-electron chi connectivity index (χ1n) is 8.42. The van der Waals surface area contributed by atoms with Crippen molar-refractivity contribution in [1.82, 2.24) is 10.3 Å². The summed E-state index contributed by atoms with van der Waals surface area (Å²) in [7, 11) is 0. The Labute approximate surface area is 150 Å². The van der Waals surface area contributed by atoms with Gasteiger partial charge in [0.05, 0.1) is 21.5 Å². The SMILES string of the molecule is Nc1cccc(-c2ccc(C(=O)N[C@H]3CCCc4ccccc43)s2)n1. The predicted molar refractivity (Wildman–Crippen MR) is 102 cm³/mol. The number of pyridine rings is 1. The quantitative estimate of drug-likeness (QED) is 0.744. The van der Waals surface area contributed by atoms with Crippen molar-refractivity contribution in [2.75, 3.05) is 5.73 Å². The molecule has 4 nitrogen and oxygen atoms in total. The largest absolute Gasteiger partial charge is 0.384 e. The van der Waals surface area contributed by atoms with E-state index in [9.17, 15) is 4.79 Å². The summed E-state index contributed by atoms with van der Waals surface area (Å²) < 4.78 is 0. The fourth-order valence-electron chi connectivity index (χ4n) is 3.32. The van der Waals surface area contributed by atoms with Crippen LogP contribution in [0.4, 0.5) is 5.82 Å². The number of hydrogen-bond acceptors (Lipinski definition) is 4. The number of carbonyl (C=O) groups excluding carboxylic acids is 1. The number of thiophene rings is 1. The summed E-state index contributed by atoms with van der Waals surface area (Å²) in [5.41, 5.74) is 9.13. The van der Waals surface area contributed by atoms with Crippen molar-refractivity contribution in [2.45, 2.75) is 25.3 Å². The molecule has 25 heavy (non-hydrogen) atoms. The molecule has 1 aliphatic carbocycles. The van der Waals surface area contributed by atoms with E-state index in [1.807, 2.05) is 30.3 Å². The molecule has 0 saturated carbocycles. The van der Waals surface area contributed by atoms with Gasteiger partial charge in [-0.2, -0.15) is 0 Å². The van der Waals surface area contributed by atoms with Gasteiger partial charge in [-0.25, -0.2) is 4.98 Å². The van der Waals surface area contributed by atoms with Crippen molar-refractivity contribution in [2.24, 2.45) is 0 Å². The lowest BCUT2D eigenvalue weighted by Crippen LogP contribution is -2.30. The second-order valence-corrected chi connectivity index (χ2v) is 7.31. The third kappa shape index (κ3) is 3.28. The van der Waals surface area contributed by atoms with Crippen LogP contribution in [0.1, 0.15) is 39.7 Å². The maximum Gasteiger partial charge on any atom is 0.261 e. The zero-order valence-electron chi connectivity index (χ0n) is 13.7. The van der Waals surface area contributed by atoms with Crippen LogP contribution in [0.5, 0.6) is 0 Å². The second-order valence-electron chi connectivity index (χ2n) is 6.23. The Hall–Kier alpha value is -2.66. The van der Waals surface area contributed by atoms with Crippen LogP contribution in [0.15, 0.2) is 54.6 Å². The van der Waals surface area contributed by atoms with E-state index in [0.717, 1.165) is 29.8 Å². The number of carbonyl (C=O) groups is 1. The number of hydrogen-bond donors (Lipinski definition) is 2. The minimum Gasteiger partial charge on any atom is -0.384 e. The number of amides is 1. The van der Waals surface area contributed by atoms with E-state index in [4.69, 9.17) is 5.73 Å². The summed E-state index contributed by atoms with van der Waals surface area (Å²) in [6.45, 7) is 0.